The highest BCUT2D eigenvalue weighted by Crippen LogP contribution is 2.40. The number of hydrogen-bond acceptors (Lipinski definition) is 6. The molecular formula is C20H20O6. The quantitative estimate of drug-likeness (QED) is 0.370. The molecule has 1 aliphatic carbocycles. The Hall–Kier alpha value is -3.15. The molecule has 1 atom stereocenters. The van der Waals surface area contributed by atoms with Crippen LogP contribution in [0.1, 0.15) is 60.1 Å². The fourth-order valence-electron chi connectivity index (χ4n) is 2.59. The Balaban J connectivity index is 2.62. The van der Waals surface area contributed by atoms with E-state index in [-0.39, 0.29) is 16.7 Å². The van der Waals surface area contributed by atoms with Crippen molar-refractivity contribution in [2.75, 3.05) is 0 Å². The highest BCUT2D eigenvalue weighted by Gasteiger charge is 2.31. The van der Waals surface area contributed by atoms with Crippen molar-refractivity contribution in [3.63, 3.8) is 0 Å². The minimum Gasteiger partial charge on any atom is -0.507 e. The minimum absolute atomic E-state index is 0.0226. The second-order valence-corrected chi connectivity index (χ2v) is 6.47. The van der Waals surface area contributed by atoms with Crippen LogP contribution in [0.5, 0.6) is 11.5 Å². The molecule has 0 aliphatic heterocycles. The molecule has 0 saturated carbocycles. The fraction of sp³-hybridized carbons (Fsp3) is 0.250. The molecule has 0 aromatic heterocycles. The molecule has 0 spiro atoms. The van der Waals surface area contributed by atoms with Crippen LogP contribution in [-0.2, 0) is 9.53 Å². The second-order valence-electron chi connectivity index (χ2n) is 6.47. The van der Waals surface area contributed by atoms with E-state index in [0.717, 1.165) is 29.4 Å². The van der Waals surface area contributed by atoms with Crippen molar-refractivity contribution < 1.29 is 29.3 Å². The number of esters is 1. The average Bonchev–Trinajstić information content (AvgIpc) is 2.51. The summed E-state index contributed by atoms with van der Waals surface area (Å²) in [7, 11) is 0. The van der Waals surface area contributed by atoms with Gasteiger partial charge >= 0.3 is 5.97 Å². The summed E-state index contributed by atoms with van der Waals surface area (Å²) in [6, 6.07) is 1.14. The van der Waals surface area contributed by atoms with E-state index in [9.17, 15) is 24.6 Å². The largest absolute Gasteiger partial charge is 0.507 e. The Morgan fingerprint density at radius 3 is 2.12 bits per heavy atom. The Kier molecular flexibility index (Phi) is 5.45. The number of carbonyl (C=O) groups excluding carboxylic acids is 3. The number of ketones is 2. The molecule has 1 unspecified atom stereocenters. The van der Waals surface area contributed by atoms with Crippen LogP contribution >= 0.6 is 0 Å². The van der Waals surface area contributed by atoms with Gasteiger partial charge in [-0.1, -0.05) is 11.1 Å². The number of phenols is 2. The van der Waals surface area contributed by atoms with Crippen molar-refractivity contribution in [2.24, 2.45) is 0 Å². The summed E-state index contributed by atoms with van der Waals surface area (Å²) in [6.45, 7) is 7.01. The molecule has 0 radical (unpaired) electrons. The number of ether oxygens (including phenoxy) is 1. The van der Waals surface area contributed by atoms with Gasteiger partial charge in [0.25, 0.3) is 0 Å². The number of allylic oxidation sites excluding steroid dienone is 4. The van der Waals surface area contributed by atoms with Crippen molar-refractivity contribution in [1.82, 2.24) is 0 Å². The van der Waals surface area contributed by atoms with E-state index in [1.165, 1.54) is 6.08 Å². The van der Waals surface area contributed by atoms with Crippen molar-refractivity contribution in [3.8, 4) is 11.5 Å². The molecule has 136 valence electrons. The van der Waals surface area contributed by atoms with Gasteiger partial charge in [0.2, 0.25) is 0 Å². The van der Waals surface area contributed by atoms with Gasteiger partial charge in [-0.2, -0.15) is 0 Å². The lowest BCUT2D eigenvalue weighted by atomic mass is 9.89. The van der Waals surface area contributed by atoms with Crippen molar-refractivity contribution >= 4 is 17.5 Å². The van der Waals surface area contributed by atoms with Gasteiger partial charge in [-0.25, -0.2) is 4.79 Å². The number of benzene rings is 1. The maximum Gasteiger partial charge on any atom is 0.331 e. The first-order valence-corrected chi connectivity index (χ1v) is 7.98. The summed E-state index contributed by atoms with van der Waals surface area (Å²) in [4.78, 5) is 36.1. The predicted octanol–water partition coefficient (Wildman–Crippen LogP) is 3.55. The van der Waals surface area contributed by atoms with E-state index in [4.69, 9.17) is 4.74 Å². The number of aromatic hydroxyl groups is 2. The maximum absolute atomic E-state index is 12.1. The SMILES string of the molecule is CC(C)=CC(=O)OC(C=C(C)C)c1cc(O)c2c(c1O)C(=O)C=CC2=O. The molecule has 6 nitrogen and oxygen atoms in total. The van der Waals surface area contributed by atoms with Crippen LogP contribution in [0.3, 0.4) is 0 Å². The molecule has 0 heterocycles. The molecule has 0 fully saturated rings. The summed E-state index contributed by atoms with van der Waals surface area (Å²) in [5.41, 5.74) is 0.992. The smallest absolute Gasteiger partial charge is 0.331 e. The molecule has 0 saturated heterocycles. The fourth-order valence-corrected chi connectivity index (χ4v) is 2.59. The van der Waals surface area contributed by atoms with E-state index in [2.05, 4.69) is 0 Å². The van der Waals surface area contributed by atoms with Gasteiger partial charge in [0.05, 0.1) is 11.1 Å². The third-order valence-corrected chi connectivity index (χ3v) is 3.63. The van der Waals surface area contributed by atoms with Crippen molar-refractivity contribution in [1.29, 1.82) is 0 Å². The van der Waals surface area contributed by atoms with Gasteiger partial charge in [-0.15, -0.1) is 0 Å². The molecular weight excluding hydrogens is 336 g/mol. The zero-order valence-electron chi connectivity index (χ0n) is 15.0. The molecule has 1 aromatic carbocycles. The van der Waals surface area contributed by atoms with E-state index in [1.54, 1.807) is 33.8 Å². The third kappa shape index (κ3) is 3.91. The monoisotopic (exact) mass is 356 g/mol. The Morgan fingerprint density at radius 1 is 1.00 bits per heavy atom. The van der Waals surface area contributed by atoms with E-state index in [0.29, 0.717) is 0 Å². The normalized spacial score (nSPS) is 13.7. The summed E-state index contributed by atoms with van der Waals surface area (Å²) in [6.07, 6.45) is 3.89. The average molecular weight is 356 g/mol. The van der Waals surface area contributed by atoms with E-state index < -0.39 is 35.1 Å². The highest BCUT2D eigenvalue weighted by atomic mass is 16.5. The van der Waals surface area contributed by atoms with Crippen LogP contribution in [0.15, 0.2) is 41.5 Å². The molecule has 6 heteroatoms. The van der Waals surface area contributed by atoms with Gasteiger partial charge < -0.3 is 14.9 Å². The minimum atomic E-state index is -1.03. The van der Waals surface area contributed by atoms with E-state index in [1.807, 2.05) is 0 Å². The number of rotatable bonds is 4. The molecule has 2 rings (SSSR count). The zero-order chi connectivity index (χ0) is 19.6. The number of hydrogen-bond donors (Lipinski definition) is 2. The lowest BCUT2D eigenvalue weighted by Crippen LogP contribution is -2.15. The summed E-state index contributed by atoms with van der Waals surface area (Å²) in [5.74, 6) is -2.78. The van der Waals surface area contributed by atoms with Gasteiger partial charge in [-0.3, -0.25) is 9.59 Å². The molecule has 1 aliphatic rings. The van der Waals surface area contributed by atoms with Gasteiger partial charge in [0.15, 0.2) is 11.6 Å². The molecule has 0 bridgehead atoms. The van der Waals surface area contributed by atoms with Crippen LogP contribution < -0.4 is 0 Å². The van der Waals surface area contributed by atoms with Crippen molar-refractivity contribution in [3.05, 3.63) is 58.2 Å². The number of fused-ring (bicyclic) bond motifs is 1. The molecule has 26 heavy (non-hydrogen) atoms. The van der Waals surface area contributed by atoms with Crippen LogP contribution in [0.25, 0.3) is 0 Å². The summed E-state index contributed by atoms with van der Waals surface area (Å²) >= 11 is 0. The second kappa shape index (κ2) is 7.39. The summed E-state index contributed by atoms with van der Waals surface area (Å²) in [5, 5.41) is 20.8. The maximum atomic E-state index is 12.1. The zero-order valence-corrected chi connectivity index (χ0v) is 15.0. The highest BCUT2D eigenvalue weighted by molar-refractivity contribution is 6.24. The molecule has 2 N–H and O–H groups in total. The first-order valence-electron chi connectivity index (χ1n) is 7.98. The van der Waals surface area contributed by atoms with E-state index >= 15 is 0 Å². The van der Waals surface area contributed by atoms with Crippen LogP contribution in [0.4, 0.5) is 0 Å². The van der Waals surface area contributed by atoms with Crippen LogP contribution in [0.2, 0.25) is 0 Å². The lowest BCUT2D eigenvalue weighted by Gasteiger charge is -2.20. The van der Waals surface area contributed by atoms with Crippen LogP contribution in [-0.4, -0.2) is 27.7 Å². The predicted molar refractivity (Wildman–Crippen MR) is 95.3 cm³/mol. The molecule has 1 aromatic rings. The Morgan fingerprint density at radius 2 is 1.58 bits per heavy atom. The summed E-state index contributed by atoms with van der Waals surface area (Å²) < 4.78 is 5.37. The lowest BCUT2D eigenvalue weighted by molar-refractivity contribution is -0.141. The number of phenolic OH excluding ortho intramolecular Hbond substituents is 2. The number of carbonyl (C=O) groups is 3. The van der Waals surface area contributed by atoms with Gasteiger partial charge in [0, 0.05) is 11.6 Å². The van der Waals surface area contributed by atoms with Crippen molar-refractivity contribution in [2.45, 2.75) is 33.8 Å². The Labute approximate surface area is 151 Å². The van der Waals surface area contributed by atoms with Gasteiger partial charge in [-0.05, 0) is 52.0 Å². The van der Waals surface area contributed by atoms with Crippen LogP contribution in [0, 0.1) is 0 Å². The Bertz CT molecular complexity index is 878. The third-order valence-electron chi connectivity index (χ3n) is 3.63. The molecule has 0 amide bonds. The van der Waals surface area contributed by atoms with Gasteiger partial charge in [0.1, 0.15) is 17.6 Å². The topological polar surface area (TPSA) is 101 Å². The first-order chi connectivity index (χ1) is 12.1. The first kappa shape index (κ1) is 19.2. The standard InChI is InChI=1S/C20H20O6/c1-10(2)7-16(26-17(24)8-11(3)4)12-9-15(23)18-13(21)5-6-14(22)19(18)20(12)25/h5-9,16,23,25H,1-4H3.